The highest BCUT2D eigenvalue weighted by Gasteiger charge is 2.27. The van der Waals surface area contributed by atoms with Crippen LogP contribution < -0.4 is 5.56 Å². The average Bonchev–Trinajstić information content (AvgIpc) is 2.38. The van der Waals surface area contributed by atoms with E-state index in [0.29, 0.717) is 17.3 Å². The molecule has 1 saturated carbocycles. The quantitative estimate of drug-likeness (QED) is 0.897. The molecule has 1 unspecified atom stereocenters. The van der Waals surface area contributed by atoms with Gasteiger partial charge in [-0.15, -0.1) is 0 Å². The fourth-order valence-corrected chi connectivity index (χ4v) is 2.77. The second-order valence-electron chi connectivity index (χ2n) is 5.22. The van der Waals surface area contributed by atoms with Crippen molar-refractivity contribution in [1.82, 2.24) is 9.97 Å². The fraction of sp³-hybridized carbons (Fsp3) is 0.714. The number of ether oxygens (including phenoxy) is 1. The fourth-order valence-electron chi connectivity index (χ4n) is 2.77. The number of hydrogen-bond acceptors (Lipinski definition) is 3. The molecule has 0 spiro atoms. The molecule has 0 radical (unpaired) electrons. The largest absolute Gasteiger partial charge is 0.373 e. The van der Waals surface area contributed by atoms with Crippen molar-refractivity contribution in [3.63, 3.8) is 0 Å². The van der Waals surface area contributed by atoms with Crippen molar-refractivity contribution in [3.05, 3.63) is 27.4 Å². The maximum absolute atomic E-state index is 11.8. The van der Waals surface area contributed by atoms with Gasteiger partial charge in [0.05, 0.1) is 0 Å². The van der Waals surface area contributed by atoms with Crippen molar-refractivity contribution >= 4 is 0 Å². The van der Waals surface area contributed by atoms with Crippen LogP contribution in [0.2, 0.25) is 0 Å². The Morgan fingerprint density at radius 2 is 1.94 bits per heavy atom. The Bertz CT molecular complexity index is 461. The summed E-state index contributed by atoms with van der Waals surface area (Å²) in [5.74, 6) is 1.17. The van der Waals surface area contributed by atoms with Crippen LogP contribution >= 0.6 is 0 Å². The molecule has 1 N–H and O–H groups in total. The third-order valence-corrected chi connectivity index (χ3v) is 4.01. The van der Waals surface area contributed by atoms with Crippen LogP contribution in [-0.2, 0) is 4.74 Å². The zero-order valence-electron chi connectivity index (χ0n) is 11.5. The van der Waals surface area contributed by atoms with Gasteiger partial charge in [-0.3, -0.25) is 4.79 Å². The molecule has 0 aliphatic heterocycles. The van der Waals surface area contributed by atoms with Crippen molar-refractivity contribution < 1.29 is 4.74 Å². The first-order chi connectivity index (χ1) is 8.63. The maximum Gasteiger partial charge on any atom is 0.254 e. The monoisotopic (exact) mass is 250 g/mol. The van der Waals surface area contributed by atoms with Crippen molar-refractivity contribution in [2.75, 3.05) is 7.11 Å². The Kier molecular flexibility index (Phi) is 4.17. The standard InChI is InChI=1S/C14H22N2O2/c1-9-10(2)15-13(16-14(9)17)12(18-3)11-7-5-4-6-8-11/h11-12H,4-8H2,1-3H3,(H,15,16,17). The van der Waals surface area contributed by atoms with E-state index in [1.54, 1.807) is 14.0 Å². The van der Waals surface area contributed by atoms with Gasteiger partial charge in [0, 0.05) is 18.4 Å². The Hall–Kier alpha value is -1.16. The van der Waals surface area contributed by atoms with Crippen LogP contribution in [0, 0.1) is 19.8 Å². The number of aromatic nitrogens is 2. The molecule has 1 aliphatic carbocycles. The van der Waals surface area contributed by atoms with Gasteiger partial charge >= 0.3 is 0 Å². The molecule has 1 heterocycles. The van der Waals surface area contributed by atoms with Gasteiger partial charge in [-0.2, -0.15) is 0 Å². The Morgan fingerprint density at radius 1 is 1.28 bits per heavy atom. The third-order valence-electron chi connectivity index (χ3n) is 4.01. The summed E-state index contributed by atoms with van der Waals surface area (Å²) in [6.07, 6.45) is 6.06. The normalized spacial score (nSPS) is 18.8. The molecule has 2 rings (SSSR count). The van der Waals surface area contributed by atoms with Gasteiger partial charge in [0.15, 0.2) is 0 Å². The Morgan fingerprint density at radius 3 is 2.50 bits per heavy atom. The molecule has 1 aromatic heterocycles. The number of hydrogen-bond donors (Lipinski definition) is 1. The molecular weight excluding hydrogens is 228 g/mol. The van der Waals surface area contributed by atoms with E-state index in [2.05, 4.69) is 9.97 Å². The number of methoxy groups -OCH3 is 1. The van der Waals surface area contributed by atoms with Gasteiger partial charge in [-0.1, -0.05) is 19.3 Å². The van der Waals surface area contributed by atoms with E-state index in [4.69, 9.17) is 4.74 Å². The van der Waals surface area contributed by atoms with Crippen LogP contribution in [0.4, 0.5) is 0 Å². The van der Waals surface area contributed by atoms with Gasteiger partial charge in [0.25, 0.3) is 5.56 Å². The van der Waals surface area contributed by atoms with E-state index in [1.807, 2.05) is 6.92 Å². The zero-order chi connectivity index (χ0) is 13.1. The summed E-state index contributed by atoms with van der Waals surface area (Å²) < 4.78 is 5.59. The van der Waals surface area contributed by atoms with Crippen LogP contribution in [0.25, 0.3) is 0 Å². The van der Waals surface area contributed by atoms with Crippen LogP contribution in [0.5, 0.6) is 0 Å². The van der Waals surface area contributed by atoms with Crippen LogP contribution in [0.1, 0.15) is 55.3 Å². The summed E-state index contributed by atoms with van der Waals surface area (Å²) in [5.41, 5.74) is 1.44. The topological polar surface area (TPSA) is 55.0 Å². The van der Waals surface area contributed by atoms with E-state index >= 15 is 0 Å². The summed E-state index contributed by atoms with van der Waals surface area (Å²) >= 11 is 0. The molecule has 1 atom stereocenters. The van der Waals surface area contributed by atoms with E-state index < -0.39 is 0 Å². The molecule has 18 heavy (non-hydrogen) atoms. The molecule has 1 aromatic rings. The smallest absolute Gasteiger partial charge is 0.254 e. The van der Waals surface area contributed by atoms with E-state index in [1.165, 1.54) is 19.3 Å². The highest BCUT2D eigenvalue weighted by Crippen LogP contribution is 2.34. The van der Waals surface area contributed by atoms with Crippen molar-refractivity contribution in [3.8, 4) is 0 Å². The molecule has 1 aliphatic rings. The first kappa shape index (κ1) is 13.3. The SMILES string of the molecule is COC(c1nc(C)c(C)c(=O)[nH]1)C1CCCCC1. The van der Waals surface area contributed by atoms with E-state index in [-0.39, 0.29) is 11.7 Å². The lowest BCUT2D eigenvalue weighted by Crippen LogP contribution is -2.25. The minimum atomic E-state index is -0.0719. The number of aromatic amines is 1. The van der Waals surface area contributed by atoms with Crippen molar-refractivity contribution in [1.29, 1.82) is 0 Å². The molecule has 0 saturated heterocycles. The predicted octanol–water partition coefficient (Wildman–Crippen LogP) is 2.65. The molecule has 0 bridgehead atoms. The summed E-state index contributed by atoms with van der Waals surface area (Å²) in [6, 6.07) is 0. The lowest BCUT2D eigenvalue weighted by molar-refractivity contribution is 0.0286. The maximum atomic E-state index is 11.8. The number of aryl methyl sites for hydroxylation is 1. The van der Waals surface area contributed by atoms with E-state index in [9.17, 15) is 4.79 Å². The summed E-state index contributed by atoms with van der Waals surface area (Å²) in [6.45, 7) is 3.68. The molecule has 0 amide bonds. The molecule has 100 valence electrons. The summed E-state index contributed by atoms with van der Waals surface area (Å²) in [7, 11) is 1.70. The second kappa shape index (κ2) is 5.65. The van der Waals surface area contributed by atoms with Crippen molar-refractivity contribution in [2.24, 2.45) is 5.92 Å². The number of H-pyrrole nitrogens is 1. The van der Waals surface area contributed by atoms with Crippen LogP contribution in [-0.4, -0.2) is 17.1 Å². The van der Waals surface area contributed by atoms with Crippen LogP contribution in [0.15, 0.2) is 4.79 Å². The lowest BCUT2D eigenvalue weighted by Gasteiger charge is -2.28. The Balaban J connectivity index is 2.29. The van der Waals surface area contributed by atoms with E-state index in [0.717, 1.165) is 18.5 Å². The molecule has 1 fully saturated rings. The minimum absolute atomic E-state index is 0.0460. The predicted molar refractivity (Wildman–Crippen MR) is 70.7 cm³/mol. The first-order valence-corrected chi connectivity index (χ1v) is 6.73. The average molecular weight is 250 g/mol. The van der Waals surface area contributed by atoms with Crippen molar-refractivity contribution in [2.45, 2.75) is 52.1 Å². The summed E-state index contributed by atoms with van der Waals surface area (Å²) in [5, 5.41) is 0. The number of nitrogens with zero attached hydrogens (tertiary/aromatic N) is 1. The molecule has 4 nitrogen and oxygen atoms in total. The highest BCUT2D eigenvalue weighted by molar-refractivity contribution is 5.15. The number of nitrogens with one attached hydrogen (secondary N) is 1. The molecule has 4 heteroatoms. The Labute approximate surface area is 108 Å². The van der Waals surface area contributed by atoms with Crippen LogP contribution in [0.3, 0.4) is 0 Å². The second-order valence-corrected chi connectivity index (χ2v) is 5.22. The lowest BCUT2D eigenvalue weighted by atomic mass is 9.85. The highest BCUT2D eigenvalue weighted by atomic mass is 16.5. The first-order valence-electron chi connectivity index (χ1n) is 6.73. The molecular formula is C14H22N2O2. The third kappa shape index (κ3) is 2.64. The minimum Gasteiger partial charge on any atom is -0.373 e. The van der Waals surface area contributed by atoms with Gasteiger partial charge in [0.1, 0.15) is 11.9 Å². The number of rotatable bonds is 3. The van der Waals surface area contributed by atoms with Gasteiger partial charge < -0.3 is 9.72 Å². The molecule has 0 aromatic carbocycles. The zero-order valence-corrected chi connectivity index (χ0v) is 11.5. The summed E-state index contributed by atoms with van der Waals surface area (Å²) in [4.78, 5) is 19.2. The van der Waals surface area contributed by atoms with Gasteiger partial charge in [0.2, 0.25) is 0 Å². The van der Waals surface area contributed by atoms with Gasteiger partial charge in [-0.05, 0) is 32.6 Å². The van der Waals surface area contributed by atoms with Gasteiger partial charge in [-0.25, -0.2) is 4.98 Å².